The molecule has 2 aromatic rings. The van der Waals surface area contributed by atoms with Crippen molar-refractivity contribution >= 4 is 17.2 Å². The molecule has 0 saturated heterocycles. The number of nitrogens with two attached hydrogens (primary N) is 1. The van der Waals surface area contributed by atoms with Gasteiger partial charge in [-0.25, -0.2) is 4.39 Å². The van der Waals surface area contributed by atoms with Gasteiger partial charge < -0.3 is 15.8 Å². The Balaban J connectivity index is 2.26. The molecule has 0 spiro atoms. The number of nitrogen functional groups attached to an aromatic ring is 1. The number of pyridine rings is 1. The van der Waals surface area contributed by atoms with Crippen LogP contribution in [0.5, 0.6) is 5.88 Å². The van der Waals surface area contributed by atoms with Crippen molar-refractivity contribution in [3.63, 3.8) is 0 Å². The van der Waals surface area contributed by atoms with Gasteiger partial charge in [-0.05, 0) is 63.6 Å². The molecular formula is C16H20FN3O. The van der Waals surface area contributed by atoms with E-state index in [9.17, 15) is 4.39 Å². The van der Waals surface area contributed by atoms with Gasteiger partial charge in [-0.15, -0.1) is 0 Å². The number of hydrogen-bond acceptors (Lipinski definition) is 4. The molecule has 5 heteroatoms. The Kier molecular flexibility index (Phi) is 4.02. The number of anilines is 3. The highest BCUT2D eigenvalue weighted by molar-refractivity contribution is 5.61. The molecule has 0 radical (unpaired) electrons. The van der Waals surface area contributed by atoms with Gasteiger partial charge in [-0.2, -0.15) is 4.98 Å². The lowest BCUT2D eigenvalue weighted by Crippen LogP contribution is -2.24. The van der Waals surface area contributed by atoms with Gasteiger partial charge in [0.15, 0.2) is 0 Å². The topological polar surface area (TPSA) is 60.2 Å². The first-order valence-corrected chi connectivity index (χ1v) is 6.73. The van der Waals surface area contributed by atoms with Crippen LogP contribution < -0.4 is 15.8 Å². The van der Waals surface area contributed by atoms with E-state index < -0.39 is 5.60 Å². The molecule has 0 unspecified atom stereocenters. The minimum absolute atomic E-state index is 0.292. The summed E-state index contributed by atoms with van der Waals surface area (Å²) in [6.45, 7) is 7.59. The molecule has 0 aliphatic rings. The van der Waals surface area contributed by atoms with Crippen LogP contribution in [-0.4, -0.2) is 10.6 Å². The second-order valence-corrected chi connectivity index (χ2v) is 5.95. The highest BCUT2D eigenvalue weighted by atomic mass is 19.1. The molecule has 1 aromatic carbocycles. The van der Waals surface area contributed by atoms with Crippen molar-refractivity contribution in [1.82, 2.24) is 4.98 Å². The number of rotatable bonds is 3. The lowest BCUT2D eigenvalue weighted by atomic mass is 10.2. The summed E-state index contributed by atoms with van der Waals surface area (Å²) in [7, 11) is 0. The molecule has 0 amide bonds. The number of hydrogen-bond donors (Lipinski definition) is 2. The van der Waals surface area contributed by atoms with Crippen LogP contribution >= 0.6 is 0 Å². The van der Waals surface area contributed by atoms with Crippen LogP contribution in [0.3, 0.4) is 0 Å². The first-order chi connectivity index (χ1) is 9.73. The molecule has 2 rings (SSSR count). The molecule has 1 aromatic heterocycles. The Morgan fingerprint density at radius 2 is 1.90 bits per heavy atom. The smallest absolute Gasteiger partial charge is 0.239 e. The van der Waals surface area contributed by atoms with Crippen LogP contribution in [0.2, 0.25) is 0 Å². The van der Waals surface area contributed by atoms with E-state index in [4.69, 9.17) is 10.5 Å². The average Bonchev–Trinajstić information content (AvgIpc) is 2.30. The second kappa shape index (κ2) is 5.60. The highest BCUT2D eigenvalue weighted by Crippen LogP contribution is 2.26. The summed E-state index contributed by atoms with van der Waals surface area (Å²) in [5, 5.41) is 3.05. The second-order valence-electron chi connectivity index (χ2n) is 5.95. The number of benzene rings is 1. The van der Waals surface area contributed by atoms with Crippen LogP contribution in [0.15, 0.2) is 30.3 Å². The van der Waals surface area contributed by atoms with E-state index in [-0.39, 0.29) is 5.82 Å². The summed E-state index contributed by atoms with van der Waals surface area (Å²) in [5.74, 6) is 0.619. The van der Waals surface area contributed by atoms with E-state index >= 15 is 0 Å². The van der Waals surface area contributed by atoms with Gasteiger partial charge in [0, 0.05) is 5.69 Å². The molecule has 4 nitrogen and oxygen atoms in total. The third-order valence-corrected chi connectivity index (χ3v) is 2.61. The fraction of sp³-hybridized carbons (Fsp3) is 0.312. The summed E-state index contributed by atoms with van der Waals surface area (Å²) >= 11 is 0. The quantitative estimate of drug-likeness (QED) is 0.895. The Morgan fingerprint density at radius 1 is 1.19 bits per heavy atom. The fourth-order valence-electron chi connectivity index (χ4n) is 1.85. The predicted octanol–water partition coefficient (Wildman–Crippen LogP) is 4.03. The molecule has 0 fully saturated rings. The first-order valence-electron chi connectivity index (χ1n) is 6.73. The van der Waals surface area contributed by atoms with E-state index in [0.29, 0.717) is 23.1 Å². The molecule has 0 atom stereocenters. The number of aryl methyl sites for hydroxylation is 1. The van der Waals surface area contributed by atoms with Crippen molar-refractivity contribution in [2.24, 2.45) is 0 Å². The van der Waals surface area contributed by atoms with E-state index in [1.165, 1.54) is 12.1 Å². The maximum absolute atomic E-state index is 13.4. The van der Waals surface area contributed by atoms with E-state index in [2.05, 4.69) is 10.3 Å². The molecular weight excluding hydrogens is 269 g/mol. The van der Waals surface area contributed by atoms with Crippen molar-refractivity contribution in [2.45, 2.75) is 33.3 Å². The zero-order chi connectivity index (χ0) is 15.6. The van der Waals surface area contributed by atoms with E-state index in [0.717, 1.165) is 5.56 Å². The van der Waals surface area contributed by atoms with Crippen LogP contribution in [0.25, 0.3) is 0 Å². The van der Waals surface area contributed by atoms with Gasteiger partial charge in [0.1, 0.15) is 17.2 Å². The van der Waals surface area contributed by atoms with Crippen molar-refractivity contribution in [2.75, 3.05) is 11.1 Å². The molecule has 21 heavy (non-hydrogen) atoms. The fourth-order valence-corrected chi connectivity index (χ4v) is 1.85. The van der Waals surface area contributed by atoms with Crippen LogP contribution in [-0.2, 0) is 0 Å². The van der Waals surface area contributed by atoms with Crippen LogP contribution in [0.4, 0.5) is 21.6 Å². The van der Waals surface area contributed by atoms with Gasteiger partial charge >= 0.3 is 0 Å². The first kappa shape index (κ1) is 15.1. The molecule has 0 aliphatic carbocycles. The molecule has 0 bridgehead atoms. The number of ether oxygens (including phenoxy) is 1. The average molecular weight is 289 g/mol. The SMILES string of the molecule is Cc1cc(F)cc(Nc2ccc(N)c(OC(C)(C)C)n2)c1. The monoisotopic (exact) mass is 289 g/mol. The number of nitrogens with one attached hydrogen (secondary N) is 1. The van der Waals surface area contributed by atoms with Gasteiger partial charge in [0.25, 0.3) is 0 Å². The van der Waals surface area contributed by atoms with E-state index in [1.807, 2.05) is 33.8 Å². The van der Waals surface area contributed by atoms with Gasteiger partial charge in [-0.1, -0.05) is 0 Å². The lowest BCUT2D eigenvalue weighted by molar-refractivity contribution is 0.125. The third kappa shape index (κ3) is 4.34. The Labute approximate surface area is 124 Å². The maximum Gasteiger partial charge on any atom is 0.239 e. The highest BCUT2D eigenvalue weighted by Gasteiger charge is 2.15. The summed E-state index contributed by atoms with van der Waals surface area (Å²) in [6.07, 6.45) is 0. The normalized spacial score (nSPS) is 11.3. The standard InChI is InChI=1S/C16H20FN3O/c1-10-7-11(17)9-12(8-10)19-14-6-5-13(18)15(20-14)21-16(2,3)4/h5-9H,18H2,1-4H3,(H,19,20). The maximum atomic E-state index is 13.4. The zero-order valence-corrected chi connectivity index (χ0v) is 12.7. The summed E-state index contributed by atoms with van der Waals surface area (Å²) in [6, 6.07) is 8.16. The Hall–Kier alpha value is -2.30. The molecule has 0 saturated carbocycles. The molecule has 112 valence electrons. The number of nitrogens with zero attached hydrogens (tertiary/aromatic N) is 1. The Morgan fingerprint density at radius 3 is 2.52 bits per heavy atom. The zero-order valence-electron chi connectivity index (χ0n) is 12.7. The van der Waals surface area contributed by atoms with Gasteiger partial charge in [0.2, 0.25) is 5.88 Å². The van der Waals surface area contributed by atoms with Gasteiger partial charge in [0.05, 0.1) is 5.69 Å². The number of aromatic nitrogens is 1. The van der Waals surface area contributed by atoms with Crippen molar-refractivity contribution in [3.05, 3.63) is 41.7 Å². The summed E-state index contributed by atoms with van der Waals surface area (Å²) in [4.78, 5) is 4.33. The summed E-state index contributed by atoms with van der Waals surface area (Å²) in [5.41, 5.74) is 7.40. The van der Waals surface area contributed by atoms with Crippen LogP contribution in [0, 0.1) is 12.7 Å². The molecule has 3 N–H and O–H groups in total. The van der Waals surface area contributed by atoms with Crippen molar-refractivity contribution < 1.29 is 9.13 Å². The van der Waals surface area contributed by atoms with E-state index in [1.54, 1.807) is 12.1 Å². The largest absolute Gasteiger partial charge is 0.470 e. The minimum Gasteiger partial charge on any atom is -0.470 e. The molecule has 0 aliphatic heterocycles. The predicted molar refractivity (Wildman–Crippen MR) is 83.5 cm³/mol. The van der Waals surface area contributed by atoms with Crippen molar-refractivity contribution in [3.8, 4) is 5.88 Å². The third-order valence-electron chi connectivity index (χ3n) is 2.61. The lowest BCUT2D eigenvalue weighted by Gasteiger charge is -2.21. The van der Waals surface area contributed by atoms with Gasteiger partial charge in [-0.3, -0.25) is 0 Å². The Bertz CT molecular complexity index is 630. The minimum atomic E-state index is -0.394. The van der Waals surface area contributed by atoms with Crippen molar-refractivity contribution in [1.29, 1.82) is 0 Å². The molecule has 1 heterocycles. The number of halogens is 1. The summed E-state index contributed by atoms with van der Waals surface area (Å²) < 4.78 is 19.1. The van der Waals surface area contributed by atoms with Crippen LogP contribution in [0.1, 0.15) is 26.3 Å².